The Morgan fingerprint density at radius 2 is 1.70 bits per heavy atom. The third kappa shape index (κ3) is 4.52. The van der Waals surface area contributed by atoms with Gasteiger partial charge in [-0.25, -0.2) is 4.98 Å². The Bertz CT molecular complexity index is 983. The second-order valence-corrected chi connectivity index (χ2v) is 7.68. The first-order valence-corrected chi connectivity index (χ1v) is 10.6. The quantitative estimate of drug-likeness (QED) is 0.563. The number of carbonyl (C=O) groups excluding carboxylic acids is 1. The molecule has 0 saturated carbocycles. The molecule has 5 nitrogen and oxygen atoms in total. The fourth-order valence-electron chi connectivity index (χ4n) is 4.08. The molecule has 2 heterocycles. The van der Waals surface area contributed by atoms with Crippen LogP contribution in [0.3, 0.4) is 0 Å². The van der Waals surface area contributed by atoms with Crippen molar-refractivity contribution in [3.63, 3.8) is 0 Å². The van der Waals surface area contributed by atoms with Gasteiger partial charge >= 0.3 is 0 Å². The molecule has 0 unspecified atom stereocenters. The van der Waals surface area contributed by atoms with Gasteiger partial charge in [-0.1, -0.05) is 42.5 Å². The summed E-state index contributed by atoms with van der Waals surface area (Å²) in [6, 6.07) is 20.8. The Morgan fingerprint density at radius 1 is 0.967 bits per heavy atom. The number of likely N-dealkylation sites (tertiary alicyclic amines) is 1. The number of benzene rings is 2. The maximum atomic E-state index is 13.3. The number of nitrogens with zero attached hydrogens (tertiary/aromatic N) is 3. The second-order valence-electron chi connectivity index (χ2n) is 7.68. The van der Waals surface area contributed by atoms with Crippen molar-refractivity contribution in [1.29, 1.82) is 0 Å². The highest BCUT2D eigenvalue weighted by Crippen LogP contribution is 2.32. The predicted octanol–water partition coefficient (Wildman–Crippen LogP) is 4.52. The first kappa shape index (κ1) is 20.1. The molecule has 2 N–H and O–H groups in total. The van der Waals surface area contributed by atoms with Gasteiger partial charge in [-0.3, -0.25) is 4.79 Å². The van der Waals surface area contributed by atoms with Crippen LogP contribution in [0, 0.1) is 0 Å². The summed E-state index contributed by atoms with van der Waals surface area (Å²) in [7, 11) is 0. The average molecular weight is 401 g/mol. The molecule has 5 heteroatoms. The molecule has 1 saturated heterocycles. The van der Waals surface area contributed by atoms with Gasteiger partial charge in [-0.05, 0) is 63.2 Å². The smallest absolute Gasteiger partial charge is 0.195 e. The van der Waals surface area contributed by atoms with Crippen LogP contribution < -0.4 is 10.6 Å². The lowest BCUT2D eigenvalue weighted by atomic mass is 10.0. The van der Waals surface area contributed by atoms with Gasteiger partial charge < -0.3 is 15.5 Å². The standard InChI is InChI=1S/C25H28N4O/c26-22-13-8-15-27-25(22)29(19-9-18-28-16-6-7-17-28)23-14-5-4-12-21(23)24(30)20-10-2-1-3-11-20/h1-5,8,10-15H,6-7,9,16-19,26H2. The monoisotopic (exact) mass is 400 g/mol. The molecule has 0 radical (unpaired) electrons. The highest BCUT2D eigenvalue weighted by atomic mass is 16.1. The summed E-state index contributed by atoms with van der Waals surface area (Å²) >= 11 is 0. The first-order valence-electron chi connectivity index (χ1n) is 10.6. The zero-order valence-corrected chi connectivity index (χ0v) is 17.2. The lowest BCUT2D eigenvalue weighted by Crippen LogP contribution is -2.28. The maximum absolute atomic E-state index is 13.3. The summed E-state index contributed by atoms with van der Waals surface area (Å²) in [6.07, 6.45) is 5.29. The molecule has 0 spiro atoms. The summed E-state index contributed by atoms with van der Waals surface area (Å²) in [4.78, 5) is 22.4. The number of nitrogens with two attached hydrogens (primary N) is 1. The number of rotatable bonds is 8. The SMILES string of the molecule is Nc1cccnc1N(CCCN1CCCC1)c1ccccc1C(=O)c1ccccc1. The van der Waals surface area contributed by atoms with Crippen LogP contribution in [0.1, 0.15) is 35.2 Å². The minimum atomic E-state index is 0.00486. The lowest BCUT2D eigenvalue weighted by Gasteiger charge is -2.28. The van der Waals surface area contributed by atoms with Gasteiger partial charge in [0.15, 0.2) is 11.6 Å². The van der Waals surface area contributed by atoms with E-state index in [1.807, 2.05) is 66.7 Å². The van der Waals surface area contributed by atoms with Crippen LogP contribution in [-0.4, -0.2) is 41.8 Å². The van der Waals surface area contributed by atoms with Gasteiger partial charge in [0.1, 0.15) is 0 Å². The zero-order valence-electron chi connectivity index (χ0n) is 17.2. The summed E-state index contributed by atoms with van der Waals surface area (Å²) in [5.41, 5.74) is 9.09. The molecule has 1 aliphatic heterocycles. The number of ketones is 1. The van der Waals surface area contributed by atoms with E-state index in [0.29, 0.717) is 22.6 Å². The molecule has 0 aliphatic carbocycles. The highest BCUT2D eigenvalue weighted by Gasteiger charge is 2.21. The predicted molar refractivity (Wildman–Crippen MR) is 122 cm³/mol. The van der Waals surface area contributed by atoms with E-state index < -0.39 is 0 Å². The zero-order chi connectivity index (χ0) is 20.8. The van der Waals surface area contributed by atoms with Crippen molar-refractivity contribution in [2.24, 2.45) is 0 Å². The largest absolute Gasteiger partial charge is 0.396 e. The number of pyridine rings is 1. The Hall–Kier alpha value is -3.18. The number of hydrogen-bond donors (Lipinski definition) is 1. The number of para-hydroxylation sites is 1. The van der Waals surface area contributed by atoms with E-state index >= 15 is 0 Å². The molecule has 30 heavy (non-hydrogen) atoms. The van der Waals surface area contributed by atoms with E-state index in [2.05, 4.69) is 14.8 Å². The Kier molecular flexibility index (Phi) is 6.40. The first-order chi connectivity index (χ1) is 14.7. The fourth-order valence-corrected chi connectivity index (χ4v) is 4.08. The molecule has 2 aromatic carbocycles. The lowest BCUT2D eigenvalue weighted by molar-refractivity contribution is 0.103. The molecular weight excluding hydrogens is 372 g/mol. The van der Waals surface area contributed by atoms with E-state index in [-0.39, 0.29) is 5.78 Å². The van der Waals surface area contributed by atoms with Gasteiger partial charge in [-0.2, -0.15) is 0 Å². The molecule has 4 rings (SSSR count). The molecule has 1 fully saturated rings. The molecule has 0 atom stereocenters. The second kappa shape index (κ2) is 9.55. The summed E-state index contributed by atoms with van der Waals surface area (Å²) in [6.45, 7) is 4.14. The third-order valence-electron chi connectivity index (χ3n) is 5.60. The van der Waals surface area contributed by atoms with Gasteiger partial charge in [0, 0.05) is 23.9 Å². The maximum Gasteiger partial charge on any atom is 0.195 e. The summed E-state index contributed by atoms with van der Waals surface area (Å²) < 4.78 is 0. The minimum absolute atomic E-state index is 0.00486. The van der Waals surface area contributed by atoms with Crippen LogP contribution in [0.4, 0.5) is 17.2 Å². The van der Waals surface area contributed by atoms with Gasteiger partial charge in [-0.15, -0.1) is 0 Å². The number of aromatic nitrogens is 1. The molecular formula is C25H28N4O. The Balaban J connectivity index is 1.66. The highest BCUT2D eigenvalue weighted by molar-refractivity contribution is 6.12. The van der Waals surface area contributed by atoms with Crippen LogP contribution in [-0.2, 0) is 0 Å². The van der Waals surface area contributed by atoms with E-state index in [0.717, 1.165) is 25.2 Å². The third-order valence-corrected chi connectivity index (χ3v) is 5.60. The van der Waals surface area contributed by atoms with Gasteiger partial charge in [0.05, 0.1) is 11.4 Å². The van der Waals surface area contributed by atoms with E-state index in [1.54, 1.807) is 6.20 Å². The van der Waals surface area contributed by atoms with Gasteiger partial charge in [0.2, 0.25) is 0 Å². The van der Waals surface area contributed by atoms with Gasteiger partial charge in [0.25, 0.3) is 0 Å². The van der Waals surface area contributed by atoms with Crippen molar-refractivity contribution in [3.05, 3.63) is 84.1 Å². The van der Waals surface area contributed by atoms with Crippen molar-refractivity contribution in [2.45, 2.75) is 19.3 Å². The van der Waals surface area contributed by atoms with Crippen LogP contribution >= 0.6 is 0 Å². The normalized spacial score (nSPS) is 14.0. The number of hydrogen-bond acceptors (Lipinski definition) is 5. The number of carbonyl (C=O) groups is 1. The summed E-state index contributed by atoms with van der Waals surface area (Å²) in [5.74, 6) is 0.706. The number of anilines is 3. The van der Waals surface area contributed by atoms with Crippen LogP contribution in [0.15, 0.2) is 72.9 Å². The minimum Gasteiger partial charge on any atom is -0.396 e. The molecule has 154 valence electrons. The van der Waals surface area contributed by atoms with E-state index in [9.17, 15) is 4.79 Å². The van der Waals surface area contributed by atoms with Crippen molar-refractivity contribution in [3.8, 4) is 0 Å². The topological polar surface area (TPSA) is 62.5 Å². The van der Waals surface area contributed by atoms with Crippen LogP contribution in [0.2, 0.25) is 0 Å². The fraction of sp³-hybridized carbons (Fsp3) is 0.280. The molecule has 0 bridgehead atoms. The molecule has 1 aliphatic rings. The average Bonchev–Trinajstić information content (AvgIpc) is 3.31. The van der Waals surface area contributed by atoms with E-state index in [1.165, 1.54) is 25.9 Å². The molecule has 1 aromatic heterocycles. The van der Waals surface area contributed by atoms with Crippen LogP contribution in [0.25, 0.3) is 0 Å². The Morgan fingerprint density at radius 3 is 2.47 bits per heavy atom. The van der Waals surface area contributed by atoms with Crippen LogP contribution in [0.5, 0.6) is 0 Å². The van der Waals surface area contributed by atoms with Crippen molar-refractivity contribution >= 4 is 23.0 Å². The van der Waals surface area contributed by atoms with Crippen molar-refractivity contribution in [2.75, 3.05) is 36.8 Å². The van der Waals surface area contributed by atoms with Crippen molar-refractivity contribution < 1.29 is 4.79 Å². The van der Waals surface area contributed by atoms with Crippen molar-refractivity contribution in [1.82, 2.24) is 9.88 Å². The molecule has 0 amide bonds. The van der Waals surface area contributed by atoms with E-state index in [4.69, 9.17) is 5.73 Å². The summed E-state index contributed by atoms with van der Waals surface area (Å²) in [5, 5.41) is 0. The number of nitrogen functional groups attached to an aromatic ring is 1. The molecule has 3 aromatic rings. The Labute approximate surface area is 178 Å².